The van der Waals surface area contributed by atoms with Gasteiger partial charge in [-0.2, -0.15) is 23.1 Å². The summed E-state index contributed by atoms with van der Waals surface area (Å²) in [6, 6.07) is 0. The molecule has 0 amide bonds. The molecule has 0 aliphatic carbocycles. The molecule has 1 atom stereocenters. The number of thioether (sulfide) groups is 1. The third-order valence-corrected chi connectivity index (χ3v) is 2.20. The minimum Gasteiger partial charge on any atom is -0.183 e. The van der Waals surface area contributed by atoms with Crippen LogP contribution < -0.4 is 0 Å². The molecule has 0 N–H and O–H groups in total. The van der Waals surface area contributed by atoms with Gasteiger partial charge in [0.25, 0.3) is 0 Å². The Bertz CT molecular complexity index is 298. The first kappa shape index (κ1) is 10.6. The van der Waals surface area contributed by atoms with E-state index >= 15 is 0 Å². The van der Waals surface area contributed by atoms with Gasteiger partial charge in [-0.3, -0.25) is 0 Å². The van der Waals surface area contributed by atoms with Crippen LogP contribution in [0.4, 0.5) is 13.2 Å². The van der Waals surface area contributed by atoms with E-state index in [-0.39, 0.29) is 0 Å². The van der Waals surface area contributed by atoms with Crippen LogP contribution in [0.1, 0.15) is 6.92 Å². The smallest absolute Gasteiger partial charge is 0.183 e. The molecule has 0 aliphatic heterocycles. The maximum Gasteiger partial charge on any atom is 0.314 e. The fourth-order valence-corrected chi connectivity index (χ4v) is 1.51. The van der Waals surface area contributed by atoms with Crippen molar-refractivity contribution in [3.05, 3.63) is 18.0 Å². The van der Waals surface area contributed by atoms with Crippen LogP contribution in [-0.2, 0) is 0 Å². The quantitative estimate of drug-likeness (QED) is 0.337. The average Bonchev–Trinajstić information content (AvgIpc) is 1.96. The number of alkyl halides is 1. The van der Waals surface area contributed by atoms with E-state index in [1.807, 2.05) is 0 Å². The van der Waals surface area contributed by atoms with Crippen molar-refractivity contribution in [1.29, 1.82) is 0 Å². The highest BCUT2D eigenvalue weighted by Gasteiger charge is 2.16. The molecule has 2 nitrogen and oxygen atoms in total. The van der Waals surface area contributed by atoms with Crippen LogP contribution in [0.2, 0.25) is 0 Å². The number of halogens is 4. The van der Waals surface area contributed by atoms with Crippen molar-refractivity contribution in [3.63, 3.8) is 0 Å². The van der Waals surface area contributed by atoms with Crippen molar-refractivity contribution in [2.45, 2.75) is 16.5 Å². The average molecular weight is 229 g/mol. The van der Waals surface area contributed by atoms with E-state index in [0.717, 1.165) is 0 Å². The Kier molecular flexibility index (Phi) is 3.38. The predicted octanol–water partition coefficient (Wildman–Crippen LogP) is 2.57. The second-order valence-electron chi connectivity index (χ2n) is 2.06. The Labute approximate surface area is 81.5 Å². The number of aromatic nitrogens is 2. The lowest BCUT2D eigenvalue weighted by atomic mass is 10.6. The first-order valence-electron chi connectivity index (χ1n) is 3.20. The highest BCUT2D eigenvalue weighted by molar-refractivity contribution is 8.01. The summed E-state index contributed by atoms with van der Waals surface area (Å²) in [5, 5.41) is 0. The lowest BCUT2D eigenvalue weighted by Gasteiger charge is -2.03. The van der Waals surface area contributed by atoms with Crippen molar-refractivity contribution in [1.82, 2.24) is 9.97 Å². The highest BCUT2D eigenvalue weighted by Crippen LogP contribution is 2.28. The molecule has 1 heterocycles. The van der Waals surface area contributed by atoms with Crippen LogP contribution in [0.25, 0.3) is 0 Å². The van der Waals surface area contributed by atoms with Gasteiger partial charge in [-0.15, -0.1) is 11.6 Å². The van der Waals surface area contributed by atoms with Gasteiger partial charge >= 0.3 is 6.08 Å². The van der Waals surface area contributed by atoms with Gasteiger partial charge in [0.2, 0.25) is 11.9 Å². The maximum absolute atomic E-state index is 12.8. The van der Waals surface area contributed by atoms with E-state index in [1.165, 1.54) is 6.92 Å². The van der Waals surface area contributed by atoms with Gasteiger partial charge < -0.3 is 0 Å². The fraction of sp³-hybridized carbons (Fsp3) is 0.333. The second kappa shape index (κ2) is 4.15. The molecule has 1 aromatic rings. The molecule has 0 bridgehead atoms. The summed E-state index contributed by atoms with van der Waals surface area (Å²) in [5.41, 5.74) is 0. The van der Waals surface area contributed by atoms with Gasteiger partial charge in [0.1, 0.15) is 4.90 Å². The second-order valence-corrected chi connectivity index (χ2v) is 4.33. The number of rotatable bonds is 2. The molecule has 0 aromatic carbocycles. The van der Waals surface area contributed by atoms with Gasteiger partial charge in [0.05, 0.1) is 4.71 Å². The first-order valence-corrected chi connectivity index (χ1v) is 4.51. The molecular formula is C6H4ClF3N2S. The van der Waals surface area contributed by atoms with Crippen LogP contribution in [0.5, 0.6) is 0 Å². The Morgan fingerprint density at radius 1 is 1.23 bits per heavy atom. The highest BCUT2D eigenvalue weighted by atomic mass is 35.5. The Hall–Kier alpha value is -0.490. The van der Waals surface area contributed by atoms with Crippen molar-refractivity contribution < 1.29 is 13.2 Å². The number of nitrogens with zero attached hydrogens (tertiary/aromatic N) is 2. The first-order chi connectivity index (χ1) is 6.00. The van der Waals surface area contributed by atoms with Crippen LogP contribution in [-0.4, -0.2) is 14.7 Å². The summed E-state index contributed by atoms with van der Waals surface area (Å²) in [7, 11) is 0. The molecule has 7 heteroatoms. The van der Waals surface area contributed by atoms with E-state index in [2.05, 4.69) is 9.97 Å². The molecule has 1 unspecified atom stereocenters. The van der Waals surface area contributed by atoms with E-state index < -0.39 is 27.6 Å². The van der Waals surface area contributed by atoms with Crippen molar-refractivity contribution in [2.75, 3.05) is 0 Å². The zero-order chi connectivity index (χ0) is 10.0. The van der Waals surface area contributed by atoms with Gasteiger partial charge in [0.15, 0.2) is 0 Å². The monoisotopic (exact) mass is 228 g/mol. The molecule has 0 aliphatic rings. The molecule has 1 aromatic heterocycles. The summed E-state index contributed by atoms with van der Waals surface area (Å²) in [5.74, 6) is -2.47. The summed E-state index contributed by atoms with van der Waals surface area (Å²) in [6.07, 6.45) is -1.43. The largest absolute Gasteiger partial charge is 0.314 e. The van der Waals surface area contributed by atoms with Crippen LogP contribution >= 0.6 is 23.4 Å². The fourth-order valence-electron chi connectivity index (χ4n) is 0.633. The molecule has 0 saturated heterocycles. The normalized spacial score (nSPS) is 13.0. The standard InChI is InChI=1S/C6H4ClF3N2S/c1-2(7)13-3-4(8)11-6(10)12-5(3)9/h2H,1H3. The van der Waals surface area contributed by atoms with Crippen LogP contribution in [0, 0.1) is 18.0 Å². The summed E-state index contributed by atoms with van der Waals surface area (Å²) in [6.45, 7) is 1.52. The molecule has 0 spiro atoms. The van der Waals surface area contributed by atoms with E-state index in [9.17, 15) is 13.2 Å². The van der Waals surface area contributed by atoms with Gasteiger partial charge in [-0.25, -0.2) is 0 Å². The molecule has 1 rings (SSSR count). The minimum absolute atomic E-state index is 0.469. The topological polar surface area (TPSA) is 25.8 Å². The van der Waals surface area contributed by atoms with E-state index in [1.54, 1.807) is 0 Å². The maximum atomic E-state index is 12.8. The minimum atomic E-state index is -1.43. The Morgan fingerprint density at radius 2 is 1.69 bits per heavy atom. The third kappa shape index (κ3) is 2.73. The molecule has 13 heavy (non-hydrogen) atoms. The lowest BCUT2D eigenvalue weighted by molar-refractivity contribution is 0.412. The SMILES string of the molecule is CC(Cl)Sc1c(F)nc(F)nc1F. The zero-order valence-electron chi connectivity index (χ0n) is 6.39. The summed E-state index contributed by atoms with van der Waals surface area (Å²) in [4.78, 5) is 4.98. The van der Waals surface area contributed by atoms with Crippen LogP contribution in [0.15, 0.2) is 4.90 Å². The van der Waals surface area contributed by atoms with Crippen molar-refractivity contribution in [3.8, 4) is 0 Å². The lowest BCUT2D eigenvalue weighted by Crippen LogP contribution is -2.02. The Morgan fingerprint density at radius 3 is 2.08 bits per heavy atom. The molecule has 0 fully saturated rings. The van der Waals surface area contributed by atoms with Gasteiger partial charge in [0, 0.05) is 0 Å². The number of hydrogen-bond acceptors (Lipinski definition) is 3. The molecule has 0 radical (unpaired) electrons. The van der Waals surface area contributed by atoms with Crippen LogP contribution in [0.3, 0.4) is 0 Å². The van der Waals surface area contributed by atoms with Gasteiger partial charge in [-0.05, 0) is 6.92 Å². The Balaban J connectivity index is 3.06. The predicted molar refractivity (Wildman–Crippen MR) is 43.1 cm³/mol. The summed E-state index contributed by atoms with van der Waals surface area (Å²) >= 11 is 6.16. The summed E-state index contributed by atoms with van der Waals surface area (Å²) < 4.78 is 37.2. The van der Waals surface area contributed by atoms with Crippen molar-refractivity contribution in [2.24, 2.45) is 0 Å². The van der Waals surface area contributed by atoms with E-state index in [0.29, 0.717) is 11.8 Å². The number of hydrogen-bond donors (Lipinski definition) is 0. The molecule has 72 valence electrons. The van der Waals surface area contributed by atoms with E-state index in [4.69, 9.17) is 11.6 Å². The molecule has 0 saturated carbocycles. The third-order valence-electron chi connectivity index (χ3n) is 1.04. The van der Waals surface area contributed by atoms with Crippen molar-refractivity contribution >= 4 is 23.4 Å². The zero-order valence-corrected chi connectivity index (χ0v) is 7.96. The van der Waals surface area contributed by atoms with Gasteiger partial charge in [-0.1, -0.05) is 11.8 Å². The molecular weight excluding hydrogens is 225 g/mol.